The molecule has 2 fully saturated rings. The van der Waals surface area contributed by atoms with Crippen LogP contribution in [-0.4, -0.2) is 73.8 Å². The van der Waals surface area contributed by atoms with Gasteiger partial charge in [-0.05, 0) is 38.8 Å². The van der Waals surface area contributed by atoms with Crippen molar-refractivity contribution < 1.29 is 9.53 Å². The van der Waals surface area contributed by atoms with Crippen molar-refractivity contribution in [2.45, 2.75) is 19.3 Å². The Bertz CT molecular complexity index is 530. The SMILES string of the molecule is CN1CCC[C@@H](CCNC(=O)c2cnc(N3CCOCC3)nc2)C1. The second kappa shape index (κ2) is 8.39. The molecule has 0 saturated carbocycles. The van der Waals surface area contributed by atoms with Crippen LogP contribution < -0.4 is 10.2 Å². The van der Waals surface area contributed by atoms with E-state index < -0.39 is 0 Å². The van der Waals surface area contributed by atoms with Crippen LogP contribution in [0.5, 0.6) is 0 Å². The van der Waals surface area contributed by atoms with Gasteiger partial charge in [0.25, 0.3) is 5.91 Å². The van der Waals surface area contributed by atoms with Crippen LogP contribution in [-0.2, 0) is 4.74 Å². The molecule has 2 saturated heterocycles. The Morgan fingerprint density at radius 2 is 2.04 bits per heavy atom. The molecule has 3 heterocycles. The minimum Gasteiger partial charge on any atom is -0.378 e. The highest BCUT2D eigenvalue weighted by Gasteiger charge is 2.18. The first-order chi connectivity index (χ1) is 11.7. The van der Waals surface area contributed by atoms with Crippen LogP contribution in [0.15, 0.2) is 12.4 Å². The number of aromatic nitrogens is 2. The number of amides is 1. The Kier molecular flexibility index (Phi) is 5.98. The van der Waals surface area contributed by atoms with E-state index in [0.29, 0.717) is 37.2 Å². The van der Waals surface area contributed by atoms with E-state index in [9.17, 15) is 4.79 Å². The van der Waals surface area contributed by atoms with Crippen molar-refractivity contribution >= 4 is 11.9 Å². The van der Waals surface area contributed by atoms with E-state index >= 15 is 0 Å². The standard InChI is InChI=1S/C17H27N5O2/c1-21-6-2-3-14(13-21)4-5-18-16(23)15-11-19-17(20-12-15)22-7-9-24-10-8-22/h11-12,14H,2-10,13H2,1H3,(H,18,23)/t14-/m0/s1. The Morgan fingerprint density at radius 3 is 2.75 bits per heavy atom. The van der Waals surface area contributed by atoms with Gasteiger partial charge in [-0.25, -0.2) is 9.97 Å². The lowest BCUT2D eigenvalue weighted by Crippen LogP contribution is -2.37. The number of nitrogens with zero attached hydrogens (tertiary/aromatic N) is 4. The maximum absolute atomic E-state index is 12.2. The monoisotopic (exact) mass is 333 g/mol. The Balaban J connectivity index is 1.44. The summed E-state index contributed by atoms with van der Waals surface area (Å²) in [5.41, 5.74) is 0.521. The van der Waals surface area contributed by atoms with Crippen LogP contribution in [0, 0.1) is 5.92 Å². The number of carbonyl (C=O) groups excluding carboxylic acids is 1. The van der Waals surface area contributed by atoms with Gasteiger partial charge in [-0.3, -0.25) is 4.79 Å². The summed E-state index contributed by atoms with van der Waals surface area (Å²) in [5, 5.41) is 2.99. The molecule has 1 atom stereocenters. The second-order valence-corrected chi connectivity index (χ2v) is 6.69. The van der Waals surface area contributed by atoms with Gasteiger partial charge in [0.05, 0.1) is 18.8 Å². The zero-order chi connectivity index (χ0) is 16.8. The fourth-order valence-corrected chi connectivity index (χ4v) is 3.37. The second-order valence-electron chi connectivity index (χ2n) is 6.69. The number of morpholine rings is 1. The van der Waals surface area contributed by atoms with E-state index in [1.54, 1.807) is 12.4 Å². The highest BCUT2D eigenvalue weighted by Crippen LogP contribution is 2.17. The molecule has 1 aromatic rings. The maximum atomic E-state index is 12.2. The predicted molar refractivity (Wildman–Crippen MR) is 92.2 cm³/mol. The molecule has 2 aliphatic rings. The van der Waals surface area contributed by atoms with Crippen molar-refractivity contribution in [3.63, 3.8) is 0 Å². The summed E-state index contributed by atoms with van der Waals surface area (Å²) in [6.45, 7) is 6.01. The number of hydrogen-bond acceptors (Lipinski definition) is 6. The normalized spacial score (nSPS) is 22.4. The number of ether oxygens (including phenoxy) is 1. The third-order valence-electron chi connectivity index (χ3n) is 4.75. The first-order valence-electron chi connectivity index (χ1n) is 8.84. The Morgan fingerprint density at radius 1 is 1.29 bits per heavy atom. The highest BCUT2D eigenvalue weighted by atomic mass is 16.5. The molecular formula is C17H27N5O2. The van der Waals surface area contributed by atoms with E-state index in [1.165, 1.54) is 19.4 Å². The first kappa shape index (κ1) is 17.1. The van der Waals surface area contributed by atoms with Gasteiger partial charge in [0, 0.05) is 38.6 Å². The van der Waals surface area contributed by atoms with E-state index in [2.05, 4.69) is 32.1 Å². The summed E-state index contributed by atoms with van der Waals surface area (Å²) in [7, 11) is 2.16. The lowest BCUT2D eigenvalue weighted by atomic mass is 9.95. The van der Waals surface area contributed by atoms with Crippen LogP contribution in [0.3, 0.4) is 0 Å². The van der Waals surface area contributed by atoms with Crippen LogP contribution >= 0.6 is 0 Å². The minimum absolute atomic E-state index is 0.0901. The molecule has 0 bridgehead atoms. The molecule has 24 heavy (non-hydrogen) atoms. The number of nitrogens with one attached hydrogen (secondary N) is 1. The van der Waals surface area contributed by atoms with Gasteiger partial charge in [-0.15, -0.1) is 0 Å². The highest BCUT2D eigenvalue weighted by molar-refractivity contribution is 5.93. The quantitative estimate of drug-likeness (QED) is 0.858. The van der Waals surface area contributed by atoms with Crippen LogP contribution in [0.1, 0.15) is 29.6 Å². The Labute approximate surface area is 143 Å². The minimum atomic E-state index is -0.0901. The van der Waals surface area contributed by atoms with Gasteiger partial charge in [0.2, 0.25) is 5.95 Å². The summed E-state index contributed by atoms with van der Waals surface area (Å²) in [5.74, 6) is 1.26. The van der Waals surface area contributed by atoms with Crippen molar-refractivity contribution in [3.05, 3.63) is 18.0 Å². The van der Waals surface area contributed by atoms with Gasteiger partial charge in [-0.1, -0.05) is 0 Å². The topological polar surface area (TPSA) is 70.6 Å². The molecule has 0 unspecified atom stereocenters. The largest absolute Gasteiger partial charge is 0.378 e. The third kappa shape index (κ3) is 4.64. The van der Waals surface area contributed by atoms with Crippen LogP contribution in [0.25, 0.3) is 0 Å². The summed E-state index contributed by atoms with van der Waals surface area (Å²) < 4.78 is 5.32. The fourth-order valence-electron chi connectivity index (χ4n) is 3.37. The molecule has 3 rings (SSSR count). The van der Waals surface area contributed by atoms with Crippen molar-refractivity contribution in [1.82, 2.24) is 20.2 Å². The zero-order valence-electron chi connectivity index (χ0n) is 14.4. The molecule has 0 spiro atoms. The summed E-state index contributed by atoms with van der Waals surface area (Å²) in [4.78, 5) is 25.3. The van der Waals surface area contributed by atoms with Crippen molar-refractivity contribution in [1.29, 1.82) is 0 Å². The molecule has 2 aliphatic heterocycles. The summed E-state index contributed by atoms with van der Waals surface area (Å²) in [6, 6.07) is 0. The van der Waals surface area contributed by atoms with Gasteiger partial charge in [0.15, 0.2) is 0 Å². The van der Waals surface area contributed by atoms with Gasteiger partial charge in [-0.2, -0.15) is 0 Å². The van der Waals surface area contributed by atoms with Crippen LogP contribution in [0.4, 0.5) is 5.95 Å². The molecule has 7 heteroatoms. The number of likely N-dealkylation sites (tertiary alicyclic amines) is 1. The molecule has 0 aromatic carbocycles. The molecule has 0 radical (unpaired) electrons. The molecular weight excluding hydrogens is 306 g/mol. The van der Waals surface area contributed by atoms with E-state index in [0.717, 1.165) is 26.1 Å². The third-order valence-corrected chi connectivity index (χ3v) is 4.75. The molecule has 1 amide bonds. The van der Waals surface area contributed by atoms with Crippen molar-refractivity contribution in [3.8, 4) is 0 Å². The molecule has 132 valence electrons. The smallest absolute Gasteiger partial charge is 0.254 e. The zero-order valence-corrected chi connectivity index (χ0v) is 14.4. The maximum Gasteiger partial charge on any atom is 0.254 e. The van der Waals surface area contributed by atoms with Crippen molar-refractivity contribution in [2.24, 2.45) is 5.92 Å². The molecule has 7 nitrogen and oxygen atoms in total. The van der Waals surface area contributed by atoms with E-state index in [-0.39, 0.29) is 5.91 Å². The Hall–Kier alpha value is -1.73. The number of rotatable bonds is 5. The number of carbonyl (C=O) groups is 1. The summed E-state index contributed by atoms with van der Waals surface area (Å²) in [6.07, 6.45) is 6.77. The van der Waals surface area contributed by atoms with Gasteiger partial charge >= 0.3 is 0 Å². The average Bonchev–Trinajstić information content (AvgIpc) is 2.63. The average molecular weight is 333 g/mol. The molecule has 0 aliphatic carbocycles. The van der Waals surface area contributed by atoms with Gasteiger partial charge < -0.3 is 19.9 Å². The lowest BCUT2D eigenvalue weighted by molar-refractivity contribution is 0.0947. The van der Waals surface area contributed by atoms with E-state index in [4.69, 9.17) is 4.74 Å². The summed E-state index contributed by atoms with van der Waals surface area (Å²) >= 11 is 0. The lowest BCUT2D eigenvalue weighted by Gasteiger charge is -2.29. The first-order valence-corrected chi connectivity index (χ1v) is 8.84. The number of piperidine rings is 1. The predicted octanol–water partition coefficient (Wildman–Crippen LogP) is 0.775. The van der Waals surface area contributed by atoms with Gasteiger partial charge in [0.1, 0.15) is 0 Å². The van der Waals surface area contributed by atoms with Crippen molar-refractivity contribution in [2.75, 3.05) is 57.9 Å². The number of anilines is 1. The fraction of sp³-hybridized carbons (Fsp3) is 0.706. The van der Waals surface area contributed by atoms with E-state index in [1.807, 2.05) is 0 Å². The molecule has 1 aromatic heterocycles. The molecule has 1 N–H and O–H groups in total. The van der Waals surface area contributed by atoms with Crippen LogP contribution in [0.2, 0.25) is 0 Å². The number of hydrogen-bond donors (Lipinski definition) is 1.